The summed E-state index contributed by atoms with van der Waals surface area (Å²) in [6.07, 6.45) is 7.30. The van der Waals surface area contributed by atoms with Crippen molar-refractivity contribution in [3.63, 3.8) is 0 Å². The zero-order chi connectivity index (χ0) is 13.1. The maximum atomic E-state index is 6.03. The summed E-state index contributed by atoms with van der Waals surface area (Å²) in [6, 6.07) is 7.65. The summed E-state index contributed by atoms with van der Waals surface area (Å²) < 4.78 is 6.03. The highest BCUT2D eigenvalue weighted by molar-refractivity contribution is 5.41. The normalized spacial score (nSPS) is 26.2. The highest BCUT2D eigenvalue weighted by Gasteiger charge is 2.20. The number of hydrogen-bond donors (Lipinski definition) is 2. The summed E-state index contributed by atoms with van der Waals surface area (Å²) in [6.45, 7) is 3.02. The Balaban J connectivity index is 1.55. The number of hydrazine groups is 1. The van der Waals surface area contributed by atoms with Crippen LogP contribution in [0.15, 0.2) is 18.2 Å². The van der Waals surface area contributed by atoms with Gasteiger partial charge in [0.1, 0.15) is 5.75 Å². The maximum Gasteiger partial charge on any atom is 0.122 e. The molecule has 1 heterocycles. The van der Waals surface area contributed by atoms with E-state index in [-0.39, 0.29) is 0 Å². The number of ether oxygens (including phenoxy) is 1. The van der Waals surface area contributed by atoms with Crippen molar-refractivity contribution in [1.82, 2.24) is 10.9 Å². The Bertz CT molecular complexity index is 433. The van der Waals surface area contributed by atoms with Crippen molar-refractivity contribution in [3.8, 4) is 5.75 Å². The van der Waals surface area contributed by atoms with E-state index >= 15 is 0 Å². The molecule has 2 unspecified atom stereocenters. The third kappa shape index (κ3) is 3.10. The Morgan fingerprint density at radius 3 is 2.95 bits per heavy atom. The summed E-state index contributed by atoms with van der Waals surface area (Å²) in [5.41, 5.74) is 9.54. The molecule has 1 aliphatic carbocycles. The number of hydrogen-bond acceptors (Lipinski definition) is 3. The molecule has 2 N–H and O–H groups in total. The number of benzene rings is 1. The molecular weight excluding hydrogens is 236 g/mol. The molecule has 0 radical (unpaired) electrons. The van der Waals surface area contributed by atoms with Crippen LogP contribution in [0.1, 0.15) is 43.7 Å². The smallest absolute Gasteiger partial charge is 0.122 e. The fourth-order valence-electron chi connectivity index (χ4n) is 3.19. The molecule has 3 nitrogen and oxygen atoms in total. The van der Waals surface area contributed by atoms with Gasteiger partial charge in [-0.05, 0) is 62.6 Å². The first kappa shape index (κ1) is 12.9. The van der Waals surface area contributed by atoms with E-state index in [9.17, 15) is 0 Å². The fraction of sp³-hybridized carbons (Fsp3) is 0.625. The Labute approximate surface area is 115 Å². The predicted octanol–water partition coefficient (Wildman–Crippen LogP) is 2.59. The fourth-order valence-corrected chi connectivity index (χ4v) is 3.19. The van der Waals surface area contributed by atoms with Gasteiger partial charge in [-0.15, -0.1) is 0 Å². The lowest BCUT2D eigenvalue weighted by Crippen LogP contribution is -2.33. The van der Waals surface area contributed by atoms with Gasteiger partial charge in [0, 0.05) is 12.1 Å². The van der Waals surface area contributed by atoms with Crippen LogP contribution < -0.4 is 15.6 Å². The van der Waals surface area contributed by atoms with E-state index < -0.39 is 0 Å². The molecule has 104 valence electrons. The zero-order valence-electron chi connectivity index (χ0n) is 11.7. The highest BCUT2D eigenvalue weighted by atomic mass is 16.5. The van der Waals surface area contributed by atoms with Crippen LogP contribution in [0.3, 0.4) is 0 Å². The van der Waals surface area contributed by atoms with Gasteiger partial charge in [-0.3, -0.25) is 10.9 Å². The molecule has 0 amide bonds. The molecule has 3 heteroatoms. The lowest BCUT2D eigenvalue weighted by molar-refractivity contribution is 0.286. The molecular formula is C16H24N2O. The summed E-state index contributed by atoms with van der Waals surface area (Å²) in [5, 5.41) is 0. The standard InChI is InChI=1S/C16H24N2O/c1-12-11-14(18-17-12)9-10-19-16-8-4-6-13-5-2-3-7-15(13)16/h4,6,8,12,14,17-18H,2-3,5,7,9-11H2,1H3. The largest absolute Gasteiger partial charge is 0.493 e. The van der Waals surface area contributed by atoms with Crippen molar-refractivity contribution < 1.29 is 4.74 Å². The van der Waals surface area contributed by atoms with Gasteiger partial charge < -0.3 is 4.74 Å². The van der Waals surface area contributed by atoms with Crippen molar-refractivity contribution in [2.75, 3.05) is 6.61 Å². The van der Waals surface area contributed by atoms with Gasteiger partial charge >= 0.3 is 0 Å². The van der Waals surface area contributed by atoms with Crippen LogP contribution in [0.2, 0.25) is 0 Å². The lowest BCUT2D eigenvalue weighted by atomic mass is 9.91. The molecule has 1 aromatic carbocycles. The minimum atomic E-state index is 0.550. The molecule has 1 saturated heterocycles. The van der Waals surface area contributed by atoms with Crippen molar-refractivity contribution in [2.24, 2.45) is 0 Å². The average molecular weight is 260 g/mol. The molecule has 2 atom stereocenters. The second-order valence-electron chi connectivity index (χ2n) is 5.86. The van der Waals surface area contributed by atoms with E-state index in [2.05, 4.69) is 36.0 Å². The third-order valence-electron chi connectivity index (χ3n) is 4.25. The van der Waals surface area contributed by atoms with E-state index in [1.54, 1.807) is 0 Å². The molecule has 2 aliphatic rings. The van der Waals surface area contributed by atoms with Crippen LogP contribution >= 0.6 is 0 Å². The Hall–Kier alpha value is -1.06. The third-order valence-corrected chi connectivity index (χ3v) is 4.25. The Kier molecular flexibility index (Phi) is 4.04. The summed E-state index contributed by atoms with van der Waals surface area (Å²) in [4.78, 5) is 0. The van der Waals surface area contributed by atoms with Crippen LogP contribution in [-0.2, 0) is 12.8 Å². The van der Waals surface area contributed by atoms with Crippen molar-refractivity contribution in [3.05, 3.63) is 29.3 Å². The van der Waals surface area contributed by atoms with Gasteiger partial charge in [0.05, 0.1) is 6.61 Å². The quantitative estimate of drug-likeness (QED) is 0.873. The number of nitrogens with one attached hydrogen (secondary N) is 2. The predicted molar refractivity (Wildman–Crippen MR) is 77.3 cm³/mol. The highest BCUT2D eigenvalue weighted by Crippen LogP contribution is 2.29. The number of aryl methyl sites for hydroxylation is 1. The molecule has 1 fully saturated rings. The van der Waals surface area contributed by atoms with E-state index in [4.69, 9.17) is 4.74 Å². The maximum absolute atomic E-state index is 6.03. The van der Waals surface area contributed by atoms with Crippen molar-refractivity contribution >= 4 is 0 Å². The van der Waals surface area contributed by atoms with E-state index in [0.29, 0.717) is 12.1 Å². The number of fused-ring (bicyclic) bond motifs is 1. The Morgan fingerprint density at radius 2 is 2.11 bits per heavy atom. The van der Waals surface area contributed by atoms with Gasteiger partial charge in [0.2, 0.25) is 0 Å². The van der Waals surface area contributed by atoms with Gasteiger partial charge in [0.15, 0.2) is 0 Å². The molecule has 1 aromatic rings. The van der Waals surface area contributed by atoms with Crippen LogP contribution in [0.5, 0.6) is 5.75 Å². The molecule has 1 aliphatic heterocycles. The van der Waals surface area contributed by atoms with Crippen LogP contribution in [0, 0.1) is 0 Å². The molecule has 19 heavy (non-hydrogen) atoms. The summed E-state index contributed by atoms with van der Waals surface area (Å²) in [5.74, 6) is 1.12. The topological polar surface area (TPSA) is 33.3 Å². The van der Waals surface area contributed by atoms with Gasteiger partial charge in [0.25, 0.3) is 0 Å². The number of rotatable bonds is 4. The second-order valence-corrected chi connectivity index (χ2v) is 5.86. The molecule has 0 bridgehead atoms. The van der Waals surface area contributed by atoms with Crippen molar-refractivity contribution in [1.29, 1.82) is 0 Å². The van der Waals surface area contributed by atoms with E-state index in [1.165, 1.54) is 43.2 Å². The van der Waals surface area contributed by atoms with Gasteiger partial charge in [-0.2, -0.15) is 0 Å². The van der Waals surface area contributed by atoms with Gasteiger partial charge in [-0.25, -0.2) is 0 Å². The molecule has 3 rings (SSSR count). The second kappa shape index (κ2) is 5.93. The van der Waals surface area contributed by atoms with E-state index in [1.807, 2.05) is 0 Å². The first-order valence-corrected chi connectivity index (χ1v) is 7.57. The van der Waals surface area contributed by atoms with Gasteiger partial charge in [-0.1, -0.05) is 12.1 Å². The van der Waals surface area contributed by atoms with Crippen LogP contribution in [0.25, 0.3) is 0 Å². The average Bonchev–Trinajstić information content (AvgIpc) is 2.85. The summed E-state index contributed by atoms with van der Waals surface area (Å²) in [7, 11) is 0. The lowest BCUT2D eigenvalue weighted by Gasteiger charge is -2.20. The van der Waals surface area contributed by atoms with Crippen molar-refractivity contribution in [2.45, 2.75) is 57.5 Å². The van der Waals surface area contributed by atoms with E-state index in [0.717, 1.165) is 18.8 Å². The molecule has 0 aromatic heterocycles. The minimum absolute atomic E-state index is 0.550. The first-order valence-electron chi connectivity index (χ1n) is 7.57. The first-order chi connectivity index (χ1) is 9.33. The minimum Gasteiger partial charge on any atom is -0.493 e. The Morgan fingerprint density at radius 1 is 1.21 bits per heavy atom. The van der Waals surface area contributed by atoms with Crippen LogP contribution in [-0.4, -0.2) is 18.7 Å². The molecule has 0 saturated carbocycles. The monoisotopic (exact) mass is 260 g/mol. The summed E-state index contributed by atoms with van der Waals surface area (Å²) >= 11 is 0. The zero-order valence-corrected chi connectivity index (χ0v) is 11.7. The SMILES string of the molecule is CC1CC(CCOc2cccc3c2CCCC3)NN1. The van der Waals surface area contributed by atoms with Crippen LogP contribution in [0.4, 0.5) is 0 Å². The molecule has 0 spiro atoms.